The molecule has 0 radical (unpaired) electrons. The number of ether oxygens (including phenoxy) is 1. The zero-order chi connectivity index (χ0) is 22.5. The molecule has 32 heavy (non-hydrogen) atoms. The molecule has 0 atom stereocenters. The van der Waals surface area contributed by atoms with E-state index in [1.54, 1.807) is 54.7 Å². The number of nitrogens with zero attached hydrogens (tertiary/aromatic N) is 2. The van der Waals surface area contributed by atoms with E-state index in [4.69, 9.17) is 4.74 Å². The highest BCUT2D eigenvalue weighted by Gasteiger charge is 2.32. The van der Waals surface area contributed by atoms with E-state index in [-0.39, 0.29) is 23.7 Å². The molecule has 168 valence electrons. The summed E-state index contributed by atoms with van der Waals surface area (Å²) >= 11 is 0. The molecule has 1 N–H and O–H groups in total. The van der Waals surface area contributed by atoms with Crippen LogP contribution in [0.2, 0.25) is 0 Å². The highest BCUT2D eigenvalue weighted by molar-refractivity contribution is 5.93. The molecule has 2 aliphatic rings. The largest absolute Gasteiger partial charge is 0.503 e. The number of hydrogen-bond donors (Lipinski definition) is 1. The summed E-state index contributed by atoms with van der Waals surface area (Å²) in [5, 5.41) is 2.96. The Balaban J connectivity index is 1.34. The van der Waals surface area contributed by atoms with Gasteiger partial charge >= 0.3 is 6.03 Å². The fourth-order valence-electron chi connectivity index (χ4n) is 4.38. The Kier molecular flexibility index (Phi) is 6.73. The number of methoxy groups -OCH3 is 1. The Morgan fingerprint density at radius 2 is 1.88 bits per heavy atom. The maximum Gasteiger partial charge on any atom is 0.324 e. The zero-order valence-corrected chi connectivity index (χ0v) is 18.2. The van der Waals surface area contributed by atoms with Crippen molar-refractivity contribution >= 4 is 17.6 Å². The van der Waals surface area contributed by atoms with Crippen molar-refractivity contribution in [3.8, 4) is 11.1 Å². The number of urea groups is 1. The topological polar surface area (TPSA) is 61.9 Å². The summed E-state index contributed by atoms with van der Waals surface area (Å²) in [6.45, 7) is 1.79. The van der Waals surface area contributed by atoms with E-state index in [0.717, 1.165) is 18.5 Å². The van der Waals surface area contributed by atoms with Crippen LogP contribution in [0.4, 0.5) is 14.9 Å². The minimum absolute atomic E-state index is 0.0118. The minimum atomic E-state index is -0.297. The third-order valence-corrected chi connectivity index (χ3v) is 6.10. The molecule has 7 heteroatoms. The monoisotopic (exact) mass is 437 g/mol. The van der Waals surface area contributed by atoms with Crippen molar-refractivity contribution in [1.29, 1.82) is 0 Å². The lowest BCUT2D eigenvalue weighted by Crippen LogP contribution is -2.46. The Hall–Kier alpha value is -3.35. The van der Waals surface area contributed by atoms with Gasteiger partial charge in [-0.3, -0.25) is 9.69 Å². The van der Waals surface area contributed by atoms with Gasteiger partial charge in [-0.25, -0.2) is 9.18 Å². The molecule has 4 rings (SSSR count). The Bertz CT molecular complexity index is 1010. The molecule has 2 fully saturated rings. The number of amides is 3. The summed E-state index contributed by atoms with van der Waals surface area (Å²) in [4.78, 5) is 29.3. The van der Waals surface area contributed by atoms with Crippen LogP contribution < -0.4 is 5.32 Å². The van der Waals surface area contributed by atoms with E-state index >= 15 is 0 Å². The molecule has 0 aromatic heterocycles. The Morgan fingerprint density at radius 1 is 1.09 bits per heavy atom. The van der Waals surface area contributed by atoms with Gasteiger partial charge in [0.2, 0.25) is 5.91 Å². The van der Waals surface area contributed by atoms with Crippen molar-refractivity contribution in [2.75, 3.05) is 32.1 Å². The van der Waals surface area contributed by atoms with Crippen LogP contribution >= 0.6 is 0 Å². The van der Waals surface area contributed by atoms with Gasteiger partial charge in [0.25, 0.3) is 0 Å². The first kappa shape index (κ1) is 21.9. The number of halogens is 1. The summed E-state index contributed by atoms with van der Waals surface area (Å²) in [5.41, 5.74) is 2.76. The molecule has 2 aromatic carbocycles. The number of carbonyl (C=O) groups is 2. The number of likely N-dealkylation sites (tertiary alicyclic amines) is 2. The van der Waals surface area contributed by atoms with Gasteiger partial charge in [-0.05, 0) is 49.4 Å². The van der Waals surface area contributed by atoms with Gasteiger partial charge in [0.05, 0.1) is 12.8 Å². The normalized spacial score (nSPS) is 18.1. The highest BCUT2D eigenvalue weighted by atomic mass is 19.1. The number of nitrogens with one attached hydrogen (secondary N) is 1. The van der Waals surface area contributed by atoms with Crippen molar-refractivity contribution < 1.29 is 18.7 Å². The van der Waals surface area contributed by atoms with E-state index < -0.39 is 0 Å². The van der Waals surface area contributed by atoms with E-state index in [2.05, 4.69) is 5.32 Å². The average molecular weight is 438 g/mol. The van der Waals surface area contributed by atoms with Crippen LogP contribution in [0.3, 0.4) is 0 Å². The second-order valence-corrected chi connectivity index (χ2v) is 8.19. The number of piperidine rings is 1. The smallest absolute Gasteiger partial charge is 0.324 e. The van der Waals surface area contributed by atoms with Gasteiger partial charge in [-0.2, -0.15) is 0 Å². The van der Waals surface area contributed by atoms with Crippen molar-refractivity contribution in [2.45, 2.75) is 25.7 Å². The van der Waals surface area contributed by atoms with Crippen molar-refractivity contribution in [2.24, 2.45) is 5.92 Å². The molecule has 0 aliphatic carbocycles. The summed E-state index contributed by atoms with van der Waals surface area (Å²) in [5.74, 6) is -0.526. The van der Waals surface area contributed by atoms with Crippen molar-refractivity contribution in [3.63, 3.8) is 0 Å². The summed E-state index contributed by atoms with van der Waals surface area (Å²) < 4.78 is 19.2. The molecule has 2 aliphatic heterocycles. The maximum absolute atomic E-state index is 14.1. The van der Waals surface area contributed by atoms with Crippen molar-refractivity contribution in [1.82, 2.24) is 9.80 Å². The second kappa shape index (κ2) is 9.85. The van der Waals surface area contributed by atoms with E-state index in [1.807, 2.05) is 11.0 Å². The molecule has 0 bridgehead atoms. The van der Waals surface area contributed by atoms with Crippen LogP contribution in [0, 0.1) is 11.7 Å². The lowest BCUT2D eigenvalue weighted by atomic mass is 9.96. The molecular formula is C25H28FN3O3. The van der Waals surface area contributed by atoms with E-state index in [9.17, 15) is 14.0 Å². The molecule has 6 nitrogen and oxygen atoms in total. The second-order valence-electron chi connectivity index (χ2n) is 8.19. The number of hydrogen-bond acceptors (Lipinski definition) is 3. The van der Waals surface area contributed by atoms with Gasteiger partial charge in [-0.1, -0.05) is 30.3 Å². The van der Waals surface area contributed by atoms with Gasteiger partial charge in [0.1, 0.15) is 12.1 Å². The van der Waals surface area contributed by atoms with Crippen LogP contribution in [0.5, 0.6) is 0 Å². The van der Waals surface area contributed by atoms with Crippen LogP contribution in [-0.4, -0.2) is 48.5 Å². The van der Waals surface area contributed by atoms with Crippen LogP contribution in [-0.2, 0) is 9.53 Å². The Labute approximate surface area is 187 Å². The number of anilines is 1. The third-order valence-electron chi connectivity index (χ3n) is 6.10. The lowest BCUT2D eigenvalue weighted by molar-refractivity contribution is -0.121. The number of carbonyl (C=O) groups excluding carboxylic acids is 2. The summed E-state index contributed by atoms with van der Waals surface area (Å²) in [6.07, 6.45) is 4.64. The molecule has 2 heterocycles. The number of benzene rings is 2. The summed E-state index contributed by atoms with van der Waals surface area (Å²) in [6, 6.07) is 13.8. The van der Waals surface area contributed by atoms with E-state index in [0.29, 0.717) is 49.3 Å². The van der Waals surface area contributed by atoms with Gasteiger partial charge in [0, 0.05) is 36.8 Å². The SMILES string of the molecule is CO/C=C1\CCCN1C(=O)N1CCC(C(=O)Nc2cccc(-c3ccccc3F)c2)CC1. The molecule has 2 aromatic rings. The zero-order valence-electron chi connectivity index (χ0n) is 18.2. The predicted molar refractivity (Wildman–Crippen MR) is 121 cm³/mol. The molecular weight excluding hydrogens is 409 g/mol. The molecule has 0 unspecified atom stereocenters. The van der Waals surface area contributed by atoms with Gasteiger partial charge in [0.15, 0.2) is 0 Å². The Morgan fingerprint density at radius 3 is 2.62 bits per heavy atom. The fraction of sp³-hybridized carbons (Fsp3) is 0.360. The fourth-order valence-corrected chi connectivity index (χ4v) is 4.38. The number of allylic oxidation sites excluding steroid dienone is 1. The van der Waals surface area contributed by atoms with Gasteiger partial charge in [-0.15, -0.1) is 0 Å². The first-order valence-electron chi connectivity index (χ1n) is 11.0. The summed E-state index contributed by atoms with van der Waals surface area (Å²) in [7, 11) is 1.59. The maximum atomic E-state index is 14.1. The van der Waals surface area contributed by atoms with Gasteiger partial charge < -0.3 is 15.0 Å². The lowest BCUT2D eigenvalue weighted by Gasteiger charge is -2.34. The van der Waals surface area contributed by atoms with Crippen LogP contribution in [0.15, 0.2) is 60.5 Å². The molecule has 0 spiro atoms. The standard InChI is InChI=1S/C25H28FN3O3/c1-32-17-21-8-5-13-29(21)25(31)28-14-11-18(12-15-28)24(30)27-20-7-4-6-19(16-20)22-9-2-3-10-23(22)26/h2-4,6-7,9-10,16-18H,5,8,11-15H2,1H3,(H,27,30)/b21-17+. The molecule has 0 saturated carbocycles. The number of rotatable bonds is 4. The molecule has 3 amide bonds. The van der Waals surface area contributed by atoms with E-state index in [1.165, 1.54) is 6.07 Å². The quantitative estimate of drug-likeness (QED) is 0.696. The van der Waals surface area contributed by atoms with Crippen molar-refractivity contribution in [3.05, 3.63) is 66.3 Å². The average Bonchev–Trinajstić information content (AvgIpc) is 3.28. The molecule has 2 saturated heterocycles. The highest BCUT2D eigenvalue weighted by Crippen LogP contribution is 2.28. The predicted octanol–water partition coefficient (Wildman–Crippen LogP) is 4.85. The minimum Gasteiger partial charge on any atom is -0.503 e. The van der Waals surface area contributed by atoms with Crippen LogP contribution in [0.25, 0.3) is 11.1 Å². The van der Waals surface area contributed by atoms with Crippen LogP contribution in [0.1, 0.15) is 25.7 Å². The first-order chi connectivity index (χ1) is 15.6. The third kappa shape index (κ3) is 4.77. The first-order valence-corrected chi connectivity index (χ1v) is 11.0.